The molecular formula is C18H18ClFN4O4. The van der Waals surface area contributed by atoms with Crippen molar-refractivity contribution < 1.29 is 18.8 Å². The first-order chi connectivity index (χ1) is 13.4. The zero-order valence-electron chi connectivity index (χ0n) is 15.3. The molecule has 0 N–H and O–H groups in total. The fourth-order valence-corrected chi connectivity index (χ4v) is 3.78. The van der Waals surface area contributed by atoms with Crippen LogP contribution in [0.25, 0.3) is 0 Å². The van der Waals surface area contributed by atoms with Crippen LogP contribution < -0.4 is 4.90 Å². The van der Waals surface area contributed by atoms with Crippen molar-refractivity contribution in [1.29, 1.82) is 0 Å². The molecular weight excluding hydrogens is 391 g/mol. The van der Waals surface area contributed by atoms with Crippen LogP contribution in [0.4, 0.5) is 15.9 Å². The SMILES string of the molecule is CCc1nc(Cl)nc(N2CC[C@H](c3ccc(F)cc3)[C@@H]2C(=O)OC)c1[N+](=O)[O-]. The fraction of sp³-hybridized carbons (Fsp3) is 0.389. The summed E-state index contributed by atoms with van der Waals surface area (Å²) in [6.45, 7) is 2.04. The Balaban J connectivity index is 2.11. The van der Waals surface area contributed by atoms with E-state index in [0.717, 1.165) is 5.56 Å². The molecule has 0 amide bonds. The van der Waals surface area contributed by atoms with Gasteiger partial charge in [0.15, 0.2) is 0 Å². The molecule has 0 spiro atoms. The minimum atomic E-state index is -0.857. The van der Waals surface area contributed by atoms with E-state index in [2.05, 4.69) is 9.97 Å². The molecule has 1 aliphatic rings. The Labute approximate surface area is 165 Å². The molecule has 1 fully saturated rings. The van der Waals surface area contributed by atoms with Crippen molar-refractivity contribution in [3.05, 3.63) is 56.7 Å². The lowest BCUT2D eigenvalue weighted by Crippen LogP contribution is -2.41. The van der Waals surface area contributed by atoms with Gasteiger partial charge in [0.2, 0.25) is 11.1 Å². The molecule has 2 heterocycles. The van der Waals surface area contributed by atoms with Gasteiger partial charge in [-0.2, -0.15) is 4.98 Å². The highest BCUT2D eigenvalue weighted by molar-refractivity contribution is 6.28. The van der Waals surface area contributed by atoms with Crippen molar-refractivity contribution in [2.75, 3.05) is 18.6 Å². The predicted molar refractivity (Wildman–Crippen MR) is 100.0 cm³/mol. The molecule has 0 unspecified atom stereocenters. The van der Waals surface area contributed by atoms with Crippen LogP contribution in [0.2, 0.25) is 5.28 Å². The third kappa shape index (κ3) is 3.62. The molecule has 0 radical (unpaired) electrons. The summed E-state index contributed by atoms with van der Waals surface area (Å²) in [6.07, 6.45) is 0.787. The van der Waals surface area contributed by atoms with E-state index in [1.807, 2.05) is 0 Å². The zero-order valence-corrected chi connectivity index (χ0v) is 16.0. The molecule has 28 heavy (non-hydrogen) atoms. The van der Waals surface area contributed by atoms with E-state index in [-0.39, 0.29) is 40.6 Å². The lowest BCUT2D eigenvalue weighted by atomic mass is 9.91. The highest BCUT2D eigenvalue weighted by Gasteiger charge is 2.44. The van der Waals surface area contributed by atoms with Gasteiger partial charge in [-0.1, -0.05) is 19.1 Å². The van der Waals surface area contributed by atoms with E-state index in [9.17, 15) is 19.3 Å². The van der Waals surface area contributed by atoms with E-state index in [4.69, 9.17) is 16.3 Å². The average molecular weight is 409 g/mol. The summed E-state index contributed by atoms with van der Waals surface area (Å²) in [5.74, 6) is -1.30. The topological polar surface area (TPSA) is 98.5 Å². The van der Waals surface area contributed by atoms with Crippen molar-refractivity contribution in [3.63, 3.8) is 0 Å². The number of carbonyl (C=O) groups is 1. The number of methoxy groups -OCH3 is 1. The Morgan fingerprint density at radius 2 is 2.07 bits per heavy atom. The average Bonchev–Trinajstić information content (AvgIpc) is 3.11. The normalized spacial score (nSPS) is 18.9. The number of benzene rings is 1. The molecule has 2 aromatic rings. The molecule has 0 aliphatic carbocycles. The molecule has 10 heteroatoms. The molecule has 1 aromatic heterocycles. The van der Waals surface area contributed by atoms with Gasteiger partial charge in [-0.3, -0.25) is 10.1 Å². The van der Waals surface area contributed by atoms with E-state index in [0.29, 0.717) is 13.0 Å². The van der Waals surface area contributed by atoms with E-state index < -0.39 is 16.9 Å². The molecule has 8 nitrogen and oxygen atoms in total. The van der Waals surface area contributed by atoms with E-state index >= 15 is 0 Å². The highest BCUT2D eigenvalue weighted by atomic mass is 35.5. The first kappa shape index (κ1) is 19.9. The maximum Gasteiger partial charge on any atom is 0.332 e. The molecule has 148 valence electrons. The minimum Gasteiger partial charge on any atom is -0.467 e. The number of nitro groups is 1. The second-order valence-electron chi connectivity index (χ2n) is 6.33. The van der Waals surface area contributed by atoms with Crippen LogP contribution in [-0.2, 0) is 16.0 Å². The number of anilines is 1. The first-order valence-electron chi connectivity index (χ1n) is 8.68. The Morgan fingerprint density at radius 3 is 2.64 bits per heavy atom. The van der Waals surface area contributed by atoms with Crippen LogP contribution in [-0.4, -0.2) is 40.6 Å². The molecule has 0 saturated carbocycles. The van der Waals surface area contributed by atoms with Crippen LogP contribution >= 0.6 is 11.6 Å². The summed E-state index contributed by atoms with van der Waals surface area (Å²) in [5, 5.41) is 11.6. The van der Waals surface area contributed by atoms with Crippen LogP contribution in [0.1, 0.15) is 30.5 Å². The van der Waals surface area contributed by atoms with Crippen LogP contribution in [0, 0.1) is 15.9 Å². The quantitative estimate of drug-likeness (QED) is 0.324. The Bertz CT molecular complexity index is 909. The number of hydrogen-bond donors (Lipinski definition) is 0. The molecule has 0 bridgehead atoms. The van der Waals surface area contributed by atoms with Crippen molar-refractivity contribution in [2.45, 2.75) is 31.7 Å². The molecule has 3 rings (SSSR count). The largest absolute Gasteiger partial charge is 0.467 e. The maximum atomic E-state index is 13.3. The fourth-order valence-electron chi connectivity index (χ4n) is 3.59. The van der Waals surface area contributed by atoms with Gasteiger partial charge in [-0.15, -0.1) is 0 Å². The number of rotatable bonds is 5. The number of ether oxygens (including phenoxy) is 1. The van der Waals surface area contributed by atoms with Gasteiger partial charge >= 0.3 is 11.7 Å². The molecule has 2 atom stereocenters. The second kappa shape index (κ2) is 8.05. The standard InChI is InChI=1S/C18H18ClFN4O4/c1-3-13-15(24(26)27)16(22-18(19)21-13)23-9-8-12(14(23)17(25)28-2)10-4-6-11(20)7-5-10/h4-7,12,14H,3,8-9H2,1-2H3/t12-,14-/m1/s1. The summed E-state index contributed by atoms with van der Waals surface area (Å²) in [5.41, 5.74) is 0.646. The highest BCUT2D eigenvalue weighted by Crippen LogP contribution is 2.41. The second-order valence-corrected chi connectivity index (χ2v) is 6.67. The van der Waals surface area contributed by atoms with Gasteiger partial charge in [-0.25, -0.2) is 14.2 Å². The maximum absolute atomic E-state index is 13.3. The number of aromatic nitrogens is 2. The zero-order chi connectivity index (χ0) is 20.4. The lowest BCUT2D eigenvalue weighted by Gasteiger charge is -2.27. The van der Waals surface area contributed by atoms with Crippen molar-refractivity contribution in [3.8, 4) is 0 Å². The smallest absolute Gasteiger partial charge is 0.332 e. The monoisotopic (exact) mass is 408 g/mol. The predicted octanol–water partition coefficient (Wildman–Crippen LogP) is 3.28. The summed E-state index contributed by atoms with van der Waals surface area (Å²) >= 11 is 5.99. The Kier molecular flexibility index (Phi) is 5.73. The summed E-state index contributed by atoms with van der Waals surface area (Å²) in [7, 11) is 1.25. The summed E-state index contributed by atoms with van der Waals surface area (Å²) in [6, 6.07) is 4.96. The van der Waals surface area contributed by atoms with Gasteiger partial charge in [0.1, 0.15) is 17.6 Å². The van der Waals surface area contributed by atoms with Gasteiger partial charge in [-0.05, 0) is 42.1 Å². The van der Waals surface area contributed by atoms with Gasteiger partial charge in [0.25, 0.3) is 0 Å². The molecule has 1 aliphatic heterocycles. The van der Waals surface area contributed by atoms with Crippen LogP contribution in [0.3, 0.4) is 0 Å². The lowest BCUT2D eigenvalue weighted by molar-refractivity contribution is -0.385. The third-order valence-electron chi connectivity index (χ3n) is 4.84. The van der Waals surface area contributed by atoms with Crippen molar-refractivity contribution >= 4 is 29.1 Å². The van der Waals surface area contributed by atoms with Crippen LogP contribution in [0.15, 0.2) is 24.3 Å². The van der Waals surface area contributed by atoms with Gasteiger partial charge in [0, 0.05) is 12.5 Å². The third-order valence-corrected chi connectivity index (χ3v) is 5.01. The van der Waals surface area contributed by atoms with Gasteiger partial charge < -0.3 is 9.64 Å². The van der Waals surface area contributed by atoms with Crippen LogP contribution in [0.5, 0.6) is 0 Å². The first-order valence-corrected chi connectivity index (χ1v) is 9.05. The van der Waals surface area contributed by atoms with E-state index in [1.54, 1.807) is 19.1 Å². The van der Waals surface area contributed by atoms with Gasteiger partial charge in [0.05, 0.1) is 12.0 Å². The number of carbonyl (C=O) groups excluding carboxylic acids is 1. The minimum absolute atomic E-state index is 0.0122. The number of hydrogen-bond acceptors (Lipinski definition) is 7. The molecule has 1 aromatic carbocycles. The number of nitrogens with zero attached hydrogens (tertiary/aromatic N) is 4. The number of halogens is 2. The summed E-state index contributed by atoms with van der Waals surface area (Å²) in [4.78, 5) is 33.3. The number of aryl methyl sites for hydroxylation is 1. The van der Waals surface area contributed by atoms with E-state index in [1.165, 1.54) is 24.1 Å². The van der Waals surface area contributed by atoms with Crippen molar-refractivity contribution in [2.24, 2.45) is 0 Å². The summed E-state index contributed by atoms with van der Waals surface area (Å²) < 4.78 is 18.2. The molecule has 1 saturated heterocycles. The Morgan fingerprint density at radius 1 is 1.39 bits per heavy atom. The van der Waals surface area contributed by atoms with Crippen molar-refractivity contribution in [1.82, 2.24) is 9.97 Å². The number of esters is 1. The Hall–Kier alpha value is -2.81.